The van der Waals surface area contributed by atoms with Crippen molar-refractivity contribution in [2.45, 2.75) is 31.7 Å². The molecule has 0 unspecified atom stereocenters. The molecule has 0 radical (unpaired) electrons. The largest absolute Gasteiger partial charge is 0.480 e. The minimum absolute atomic E-state index is 0.00183. The maximum absolute atomic E-state index is 11.6. The van der Waals surface area contributed by atoms with Crippen LogP contribution >= 0.6 is 11.8 Å². The molecule has 0 aromatic heterocycles. The van der Waals surface area contributed by atoms with Gasteiger partial charge in [-0.2, -0.15) is 11.8 Å². The SMILES string of the molecule is NC(=O)CC[C@@H](NC(=O)NCC1CCSCC1)C(=O)O. The van der Waals surface area contributed by atoms with E-state index in [0.29, 0.717) is 12.5 Å². The van der Waals surface area contributed by atoms with Gasteiger partial charge in [0.1, 0.15) is 6.04 Å². The van der Waals surface area contributed by atoms with E-state index in [-0.39, 0.29) is 12.8 Å². The summed E-state index contributed by atoms with van der Waals surface area (Å²) in [5, 5.41) is 14.0. The number of carbonyl (C=O) groups excluding carboxylic acids is 2. The number of aliphatic carboxylic acids is 1. The summed E-state index contributed by atoms with van der Waals surface area (Å²) in [7, 11) is 0. The standard InChI is InChI=1S/C12H21N3O4S/c13-10(16)2-1-9(11(17)18)15-12(19)14-7-8-3-5-20-6-4-8/h8-9H,1-7H2,(H2,13,16)(H,17,18)(H2,14,15,19)/t9-/m1/s1. The van der Waals surface area contributed by atoms with Crippen LogP contribution in [0.25, 0.3) is 0 Å². The van der Waals surface area contributed by atoms with Gasteiger partial charge in [-0.3, -0.25) is 4.79 Å². The van der Waals surface area contributed by atoms with Gasteiger partial charge in [-0.1, -0.05) is 0 Å². The predicted molar refractivity (Wildman–Crippen MR) is 76.4 cm³/mol. The van der Waals surface area contributed by atoms with Crippen molar-refractivity contribution >= 4 is 29.7 Å². The Balaban J connectivity index is 2.29. The van der Waals surface area contributed by atoms with Gasteiger partial charge in [0, 0.05) is 13.0 Å². The first-order chi connectivity index (χ1) is 9.49. The summed E-state index contributed by atoms with van der Waals surface area (Å²) in [5.41, 5.74) is 4.97. The second kappa shape index (κ2) is 8.68. The first kappa shape index (κ1) is 16.6. The molecular formula is C12H21N3O4S. The molecule has 0 aromatic carbocycles. The third-order valence-corrected chi connectivity index (χ3v) is 4.22. The van der Waals surface area contributed by atoms with Crippen LogP contribution in [0.2, 0.25) is 0 Å². The molecular weight excluding hydrogens is 282 g/mol. The molecule has 7 nitrogen and oxygen atoms in total. The highest BCUT2D eigenvalue weighted by Crippen LogP contribution is 2.21. The maximum Gasteiger partial charge on any atom is 0.326 e. The van der Waals surface area contributed by atoms with E-state index in [1.807, 2.05) is 11.8 Å². The fraction of sp³-hybridized carbons (Fsp3) is 0.750. The summed E-state index contributed by atoms with van der Waals surface area (Å²) in [6.07, 6.45) is 2.05. The molecule has 1 fully saturated rings. The van der Waals surface area contributed by atoms with Crippen LogP contribution < -0.4 is 16.4 Å². The van der Waals surface area contributed by atoms with Crippen LogP contribution in [0.1, 0.15) is 25.7 Å². The minimum atomic E-state index is -1.17. The van der Waals surface area contributed by atoms with Crippen LogP contribution in [0.5, 0.6) is 0 Å². The monoisotopic (exact) mass is 303 g/mol. The molecule has 0 bridgehead atoms. The number of nitrogens with two attached hydrogens (primary N) is 1. The average Bonchev–Trinajstić information content (AvgIpc) is 2.41. The predicted octanol–water partition coefficient (Wildman–Crippen LogP) is 0.147. The summed E-state index contributed by atoms with van der Waals surface area (Å²) in [5.74, 6) is 0.902. The fourth-order valence-electron chi connectivity index (χ4n) is 1.94. The molecule has 1 rings (SSSR count). The van der Waals surface area contributed by atoms with Crippen molar-refractivity contribution in [3.05, 3.63) is 0 Å². The van der Waals surface area contributed by atoms with Gasteiger partial charge in [-0.15, -0.1) is 0 Å². The number of hydrogen-bond donors (Lipinski definition) is 4. The summed E-state index contributed by atoms with van der Waals surface area (Å²) in [4.78, 5) is 33.2. The summed E-state index contributed by atoms with van der Waals surface area (Å²) in [6.45, 7) is 0.550. The van der Waals surface area contributed by atoms with E-state index >= 15 is 0 Å². The van der Waals surface area contributed by atoms with Gasteiger partial charge in [0.05, 0.1) is 0 Å². The molecule has 1 saturated heterocycles. The Kier molecular flexibility index (Phi) is 7.21. The van der Waals surface area contributed by atoms with Crippen LogP contribution in [0.15, 0.2) is 0 Å². The number of carbonyl (C=O) groups is 3. The molecule has 5 N–H and O–H groups in total. The first-order valence-electron chi connectivity index (χ1n) is 6.62. The third kappa shape index (κ3) is 6.65. The van der Waals surface area contributed by atoms with Crippen LogP contribution in [-0.4, -0.2) is 47.1 Å². The van der Waals surface area contributed by atoms with E-state index in [1.54, 1.807) is 0 Å². The van der Waals surface area contributed by atoms with Crippen LogP contribution in [-0.2, 0) is 9.59 Å². The zero-order valence-electron chi connectivity index (χ0n) is 11.3. The Morgan fingerprint density at radius 3 is 2.50 bits per heavy atom. The number of carboxylic acid groups (broad SMARTS) is 1. The van der Waals surface area contributed by atoms with Crippen molar-refractivity contribution in [2.24, 2.45) is 11.7 Å². The lowest BCUT2D eigenvalue weighted by molar-refractivity contribution is -0.139. The van der Waals surface area contributed by atoms with E-state index < -0.39 is 23.9 Å². The molecule has 3 amide bonds. The first-order valence-corrected chi connectivity index (χ1v) is 7.77. The Morgan fingerprint density at radius 2 is 1.95 bits per heavy atom. The van der Waals surface area contributed by atoms with Gasteiger partial charge < -0.3 is 21.5 Å². The lowest BCUT2D eigenvalue weighted by Crippen LogP contribution is -2.47. The van der Waals surface area contributed by atoms with E-state index in [4.69, 9.17) is 10.8 Å². The second-order valence-corrected chi connectivity index (χ2v) is 6.03. The number of thioether (sulfide) groups is 1. The molecule has 1 atom stereocenters. The lowest BCUT2D eigenvalue weighted by atomic mass is 10.0. The Morgan fingerprint density at radius 1 is 1.30 bits per heavy atom. The van der Waals surface area contributed by atoms with Crippen LogP contribution in [0.4, 0.5) is 4.79 Å². The highest BCUT2D eigenvalue weighted by atomic mass is 32.2. The zero-order valence-corrected chi connectivity index (χ0v) is 12.1. The Bertz CT molecular complexity index is 359. The van der Waals surface area contributed by atoms with Crippen molar-refractivity contribution in [1.82, 2.24) is 10.6 Å². The van der Waals surface area contributed by atoms with Crippen molar-refractivity contribution in [2.75, 3.05) is 18.1 Å². The van der Waals surface area contributed by atoms with Crippen LogP contribution in [0, 0.1) is 5.92 Å². The molecule has 20 heavy (non-hydrogen) atoms. The fourth-order valence-corrected chi connectivity index (χ4v) is 3.14. The van der Waals surface area contributed by atoms with Gasteiger partial charge in [-0.05, 0) is 36.7 Å². The highest BCUT2D eigenvalue weighted by molar-refractivity contribution is 7.99. The number of primary amides is 1. The van der Waals surface area contributed by atoms with Crippen molar-refractivity contribution in [3.63, 3.8) is 0 Å². The van der Waals surface area contributed by atoms with Gasteiger partial charge >= 0.3 is 12.0 Å². The quantitative estimate of drug-likeness (QED) is 0.533. The van der Waals surface area contributed by atoms with Gasteiger partial charge in [0.15, 0.2) is 0 Å². The number of hydrogen-bond acceptors (Lipinski definition) is 4. The molecule has 1 heterocycles. The maximum atomic E-state index is 11.6. The number of rotatable bonds is 7. The van der Waals surface area contributed by atoms with Gasteiger partial charge in [0.2, 0.25) is 5.91 Å². The molecule has 0 saturated carbocycles. The van der Waals surface area contributed by atoms with Crippen molar-refractivity contribution < 1.29 is 19.5 Å². The van der Waals surface area contributed by atoms with Crippen LogP contribution in [0.3, 0.4) is 0 Å². The van der Waals surface area contributed by atoms with Gasteiger partial charge in [0.25, 0.3) is 0 Å². The Labute approximate surface area is 122 Å². The molecule has 114 valence electrons. The number of nitrogens with one attached hydrogen (secondary N) is 2. The lowest BCUT2D eigenvalue weighted by Gasteiger charge is -2.22. The van der Waals surface area contributed by atoms with Crippen molar-refractivity contribution in [1.29, 1.82) is 0 Å². The number of urea groups is 1. The zero-order chi connectivity index (χ0) is 15.0. The van der Waals surface area contributed by atoms with Gasteiger partial charge in [-0.25, -0.2) is 9.59 Å². The minimum Gasteiger partial charge on any atom is -0.480 e. The molecule has 1 aliphatic heterocycles. The number of amides is 3. The summed E-state index contributed by atoms with van der Waals surface area (Å²) in [6, 6.07) is -1.61. The summed E-state index contributed by atoms with van der Waals surface area (Å²) >= 11 is 1.91. The van der Waals surface area contributed by atoms with E-state index in [2.05, 4.69) is 10.6 Å². The summed E-state index contributed by atoms with van der Waals surface area (Å²) < 4.78 is 0. The molecule has 0 aromatic rings. The highest BCUT2D eigenvalue weighted by Gasteiger charge is 2.21. The smallest absolute Gasteiger partial charge is 0.326 e. The Hall–Kier alpha value is -1.44. The molecule has 0 aliphatic carbocycles. The average molecular weight is 303 g/mol. The third-order valence-electron chi connectivity index (χ3n) is 3.18. The van der Waals surface area contributed by atoms with Crippen molar-refractivity contribution in [3.8, 4) is 0 Å². The topological polar surface area (TPSA) is 122 Å². The van der Waals surface area contributed by atoms with E-state index in [1.165, 1.54) is 0 Å². The normalized spacial score (nSPS) is 17.2. The molecule has 8 heteroatoms. The van der Waals surface area contributed by atoms with E-state index in [0.717, 1.165) is 24.3 Å². The number of carboxylic acids is 1. The molecule has 1 aliphatic rings. The second-order valence-electron chi connectivity index (χ2n) is 4.81. The molecule has 0 spiro atoms. The van der Waals surface area contributed by atoms with E-state index in [9.17, 15) is 14.4 Å².